The van der Waals surface area contributed by atoms with Crippen molar-refractivity contribution in [1.29, 1.82) is 0 Å². The summed E-state index contributed by atoms with van der Waals surface area (Å²) in [6, 6.07) is -0.214. The molecule has 1 atom stereocenters. The first-order chi connectivity index (χ1) is 10.6. The van der Waals surface area contributed by atoms with Crippen molar-refractivity contribution in [2.45, 2.75) is 25.3 Å². The van der Waals surface area contributed by atoms with E-state index < -0.39 is 5.97 Å². The van der Waals surface area contributed by atoms with Gasteiger partial charge in [0.25, 0.3) is 0 Å². The molecular formula is C14H26N4O4. The Morgan fingerprint density at radius 3 is 2.45 bits per heavy atom. The van der Waals surface area contributed by atoms with Crippen molar-refractivity contribution in [2.24, 2.45) is 0 Å². The third kappa shape index (κ3) is 6.86. The number of rotatable bonds is 9. The number of nitrogens with one attached hydrogen (secondary N) is 2. The first-order valence-corrected chi connectivity index (χ1v) is 7.66. The quantitative estimate of drug-likeness (QED) is 0.386. The van der Waals surface area contributed by atoms with Crippen molar-refractivity contribution in [3.05, 3.63) is 0 Å². The van der Waals surface area contributed by atoms with Gasteiger partial charge < -0.3 is 25.4 Å². The number of carbonyl (C=O) groups is 3. The van der Waals surface area contributed by atoms with E-state index >= 15 is 0 Å². The third-order valence-corrected chi connectivity index (χ3v) is 3.77. The van der Waals surface area contributed by atoms with E-state index in [0.717, 1.165) is 25.5 Å². The Kier molecular flexibility index (Phi) is 8.46. The maximum atomic E-state index is 11.9. The van der Waals surface area contributed by atoms with Gasteiger partial charge in [-0.05, 0) is 26.3 Å². The normalized spacial score (nSPS) is 17.0. The maximum Gasteiger partial charge on any atom is 0.317 e. The van der Waals surface area contributed by atoms with Gasteiger partial charge in [-0.25, -0.2) is 4.79 Å². The first-order valence-electron chi connectivity index (χ1n) is 7.66. The Bertz CT molecular complexity index is 370. The number of carboxylic acid groups (broad SMARTS) is 1. The molecule has 0 aromatic rings. The van der Waals surface area contributed by atoms with Gasteiger partial charge in [-0.2, -0.15) is 0 Å². The smallest absolute Gasteiger partial charge is 0.317 e. The summed E-state index contributed by atoms with van der Waals surface area (Å²) >= 11 is 0. The first kappa shape index (κ1) is 18.4. The van der Waals surface area contributed by atoms with E-state index in [1.165, 1.54) is 0 Å². The van der Waals surface area contributed by atoms with E-state index in [1.807, 2.05) is 4.90 Å². The van der Waals surface area contributed by atoms with E-state index in [0.29, 0.717) is 32.7 Å². The molecule has 1 unspecified atom stereocenters. The number of aldehydes is 1. The molecule has 8 nitrogen and oxygen atoms in total. The summed E-state index contributed by atoms with van der Waals surface area (Å²) in [5.74, 6) is -0.840. The minimum absolute atomic E-state index is 0.0266. The van der Waals surface area contributed by atoms with E-state index in [1.54, 1.807) is 11.9 Å². The van der Waals surface area contributed by atoms with Crippen molar-refractivity contribution >= 4 is 18.3 Å². The molecule has 22 heavy (non-hydrogen) atoms. The number of hydrogen-bond donors (Lipinski definition) is 3. The predicted molar refractivity (Wildman–Crippen MR) is 81.8 cm³/mol. The molecule has 0 aliphatic carbocycles. The van der Waals surface area contributed by atoms with Crippen LogP contribution in [0, 0.1) is 0 Å². The third-order valence-electron chi connectivity index (χ3n) is 3.77. The molecule has 1 heterocycles. The summed E-state index contributed by atoms with van der Waals surface area (Å²) in [6.45, 7) is 2.88. The molecule has 2 amide bonds. The van der Waals surface area contributed by atoms with Crippen LogP contribution in [0.5, 0.6) is 0 Å². The highest BCUT2D eigenvalue weighted by Crippen LogP contribution is 2.02. The molecule has 1 rings (SSSR count). The largest absolute Gasteiger partial charge is 0.480 e. The van der Waals surface area contributed by atoms with Gasteiger partial charge in [0, 0.05) is 32.7 Å². The van der Waals surface area contributed by atoms with E-state index in [2.05, 4.69) is 10.6 Å². The second-order valence-electron chi connectivity index (χ2n) is 5.42. The number of likely N-dealkylation sites (N-methyl/N-ethyl adjacent to an activating group) is 1. The highest BCUT2D eigenvalue weighted by molar-refractivity contribution is 5.74. The minimum Gasteiger partial charge on any atom is -0.480 e. The fraction of sp³-hybridized carbons (Fsp3) is 0.786. The number of carbonyl (C=O) groups excluding carboxylic acids is 2. The molecule has 3 N–H and O–H groups in total. The van der Waals surface area contributed by atoms with Crippen molar-refractivity contribution < 1.29 is 19.5 Å². The molecule has 0 bridgehead atoms. The summed E-state index contributed by atoms with van der Waals surface area (Å²) in [4.78, 5) is 36.7. The summed E-state index contributed by atoms with van der Waals surface area (Å²) in [5, 5.41) is 14.5. The lowest BCUT2D eigenvalue weighted by Gasteiger charge is -2.33. The Balaban J connectivity index is 2.11. The molecule has 1 aliphatic heterocycles. The van der Waals surface area contributed by atoms with Crippen LogP contribution < -0.4 is 10.6 Å². The summed E-state index contributed by atoms with van der Waals surface area (Å²) in [7, 11) is 1.75. The molecule has 126 valence electrons. The van der Waals surface area contributed by atoms with Gasteiger partial charge in [-0.1, -0.05) is 0 Å². The zero-order valence-electron chi connectivity index (χ0n) is 13.1. The lowest BCUT2D eigenvalue weighted by Crippen LogP contribution is -2.52. The summed E-state index contributed by atoms with van der Waals surface area (Å²) in [6.07, 6.45) is 3.37. The van der Waals surface area contributed by atoms with Gasteiger partial charge in [0.1, 0.15) is 6.29 Å². The van der Waals surface area contributed by atoms with Crippen LogP contribution in [0.1, 0.15) is 19.3 Å². The fourth-order valence-corrected chi connectivity index (χ4v) is 2.38. The topological polar surface area (TPSA) is 102 Å². The Hall–Kier alpha value is -1.67. The number of amides is 2. The summed E-state index contributed by atoms with van der Waals surface area (Å²) in [5.41, 5.74) is 0. The van der Waals surface area contributed by atoms with E-state index in [-0.39, 0.29) is 18.6 Å². The predicted octanol–water partition coefficient (Wildman–Crippen LogP) is -0.645. The fourth-order valence-electron chi connectivity index (χ4n) is 2.38. The average molecular weight is 314 g/mol. The molecule has 0 radical (unpaired) electrons. The zero-order chi connectivity index (χ0) is 16.4. The van der Waals surface area contributed by atoms with Crippen LogP contribution in [-0.4, -0.2) is 85.6 Å². The molecule has 0 aromatic carbocycles. The lowest BCUT2D eigenvalue weighted by molar-refractivity contribution is -0.138. The van der Waals surface area contributed by atoms with Gasteiger partial charge in [-0.3, -0.25) is 9.69 Å². The molecule has 8 heteroatoms. The monoisotopic (exact) mass is 314 g/mol. The standard InChI is InChI=1S/C14H26N4O4/c1-15-12(11-19)4-2-3-5-16-14(22)18-8-6-17(7-9-18)10-13(20)21/h11-12,15H,2-10H2,1H3,(H,16,22)(H,20,21). The number of piperazine rings is 1. The van der Waals surface area contributed by atoms with Gasteiger partial charge >= 0.3 is 12.0 Å². The van der Waals surface area contributed by atoms with Gasteiger partial charge in [0.15, 0.2) is 0 Å². The highest BCUT2D eigenvalue weighted by atomic mass is 16.4. The van der Waals surface area contributed by atoms with Crippen LogP contribution in [0.3, 0.4) is 0 Å². The number of unbranched alkanes of at least 4 members (excludes halogenated alkanes) is 1. The number of aliphatic carboxylic acids is 1. The number of urea groups is 1. The molecule has 0 spiro atoms. The van der Waals surface area contributed by atoms with Crippen molar-refractivity contribution in [1.82, 2.24) is 20.4 Å². The van der Waals surface area contributed by atoms with Crippen molar-refractivity contribution in [3.8, 4) is 0 Å². The van der Waals surface area contributed by atoms with Gasteiger partial charge in [-0.15, -0.1) is 0 Å². The zero-order valence-corrected chi connectivity index (χ0v) is 13.1. The van der Waals surface area contributed by atoms with Crippen LogP contribution >= 0.6 is 0 Å². The number of hydrogen-bond acceptors (Lipinski definition) is 5. The van der Waals surface area contributed by atoms with E-state index in [9.17, 15) is 14.4 Å². The lowest BCUT2D eigenvalue weighted by atomic mass is 10.1. The number of carboxylic acids is 1. The average Bonchev–Trinajstić information content (AvgIpc) is 2.51. The SMILES string of the molecule is CNC(C=O)CCCCNC(=O)N1CCN(CC(=O)O)CC1. The second kappa shape index (κ2) is 10.1. The molecule has 1 fully saturated rings. The summed E-state index contributed by atoms with van der Waals surface area (Å²) < 4.78 is 0. The number of nitrogens with zero attached hydrogens (tertiary/aromatic N) is 2. The van der Waals surface area contributed by atoms with Crippen molar-refractivity contribution in [2.75, 3.05) is 46.3 Å². The highest BCUT2D eigenvalue weighted by Gasteiger charge is 2.21. The van der Waals surface area contributed by atoms with Crippen LogP contribution in [0.15, 0.2) is 0 Å². The van der Waals surface area contributed by atoms with Crippen molar-refractivity contribution in [3.63, 3.8) is 0 Å². The second-order valence-corrected chi connectivity index (χ2v) is 5.42. The van der Waals surface area contributed by atoms with Crippen LogP contribution in [-0.2, 0) is 9.59 Å². The molecule has 1 saturated heterocycles. The van der Waals surface area contributed by atoms with Gasteiger partial charge in [0.2, 0.25) is 0 Å². The Labute approximate surface area is 130 Å². The van der Waals surface area contributed by atoms with Crippen LogP contribution in [0.4, 0.5) is 4.79 Å². The molecule has 0 saturated carbocycles. The Morgan fingerprint density at radius 2 is 1.91 bits per heavy atom. The molecule has 0 aromatic heterocycles. The Morgan fingerprint density at radius 1 is 1.23 bits per heavy atom. The van der Waals surface area contributed by atoms with E-state index in [4.69, 9.17) is 5.11 Å². The maximum absolute atomic E-state index is 11.9. The molecule has 1 aliphatic rings. The minimum atomic E-state index is -0.840. The van der Waals surface area contributed by atoms with Gasteiger partial charge in [0.05, 0.1) is 12.6 Å². The van der Waals surface area contributed by atoms with Crippen LogP contribution in [0.2, 0.25) is 0 Å². The molecular weight excluding hydrogens is 288 g/mol. The van der Waals surface area contributed by atoms with Crippen LogP contribution in [0.25, 0.3) is 0 Å².